The Morgan fingerprint density at radius 1 is 0.909 bits per heavy atom. The zero-order valence-electron chi connectivity index (χ0n) is 5.99. The first-order valence-corrected chi connectivity index (χ1v) is 3.32. The van der Waals surface area contributed by atoms with Gasteiger partial charge in [0.2, 0.25) is 5.52 Å². The number of pyridine rings is 1. The maximum atomic E-state index is 3.15. The first-order valence-electron chi connectivity index (χ1n) is 3.32. The SMILES string of the molecule is [OH-].c1ccc2[nH+]cccc2c1. The molecule has 0 atom stereocenters. The number of hydrogen-bond donors (Lipinski definition) is 0. The summed E-state index contributed by atoms with van der Waals surface area (Å²) in [5.74, 6) is 0. The van der Waals surface area contributed by atoms with Crippen LogP contribution < -0.4 is 4.98 Å². The van der Waals surface area contributed by atoms with Crippen molar-refractivity contribution >= 4 is 10.9 Å². The fourth-order valence-electron chi connectivity index (χ4n) is 1.06. The van der Waals surface area contributed by atoms with Crippen molar-refractivity contribution in [1.82, 2.24) is 0 Å². The van der Waals surface area contributed by atoms with Gasteiger partial charge in [-0.05, 0) is 12.1 Å². The van der Waals surface area contributed by atoms with Gasteiger partial charge < -0.3 is 5.48 Å². The molecule has 0 aliphatic heterocycles. The molecule has 2 rings (SSSR count). The molecular weight excluding hydrogens is 138 g/mol. The van der Waals surface area contributed by atoms with Gasteiger partial charge in [-0.1, -0.05) is 12.1 Å². The lowest BCUT2D eigenvalue weighted by Crippen LogP contribution is -1.99. The minimum atomic E-state index is 0. The smallest absolute Gasteiger partial charge is 0.210 e. The molecule has 1 heterocycles. The zero-order chi connectivity index (χ0) is 6.81. The number of benzene rings is 1. The van der Waals surface area contributed by atoms with Crippen molar-refractivity contribution in [2.75, 3.05) is 0 Å². The lowest BCUT2D eigenvalue weighted by Gasteiger charge is -1.85. The van der Waals surface area contributed by atoms with Crippen LogP contribution >= 0.6 is 0 Å². The summed E-state index contributed by atoms with van der Waals surface area (Å²) < 4.78 is 0. The Balaban J connectivity index is 0.000000605. The lowest BCUT2D eigenvalue weighted by molar-refractivity contribution is -0.344. The van der Waals surface area contributed by atoms with Crippen molar-refractivity contribution in [1.29, 1.82) is 0 Å². The van der Waals surface area contributed by atoms with Crippen LogP contribution in [-0.2, 0) is 0 Å². The fourth-order valence-corrected chi connectivity index (χ4v) is 1.06. The Morgan fingerprint density at radius 2 is 1.64 bits per heavy atom. The van der Waals surface area contributed by atoms with Gasteiger partial charge >= 0.3 is 0 Å². The van der Waals surface area contributed by atoms with Crippen LogP contribution in [0.2, 0.25) is 0 Å². The van der Waals surface area contributed by atoms with E-state index in [1.165, 1.54) is 10.9 Å². The molecule has 2 aromatic rings. The van der Waals surface area contributed by atoms with Crippen LogP contribution in [0.25, 0.3) is 10.9 Å². The summed E-state index contributed by atoms with van der Waals surface area (Å²) in [6, 6.07) is 12.3. The van der Waals surface area contributed by atoms with Crippen LogP contribution in [0.3, 0.4) is 0 Å². The van der Waals surface area contributed by atoms with Crippen molar-refractivity contribution < 1.29 is 10.5 Å². The average molecular weight is 147 g/mol. The van der Waals surface area contributed by atoms with Gasteiger partial charge in [0.1, 0.15) is 0 Å². The molecule has 0 bridgehead atoms. The van der Waals surface area contributed by atoms with Crippen LogP contribution in [0.4, 0.5) is 0 Å². The fraction of sp³-hybridized carbons (Fsp3) is 0. The van der Waals surface area contributed by atoms with Gasteiger partial charge in [-0.25, -0.2) is 4.98 Å². The van der Waals surface area contributed by atoms with Crippen molar-refractivity contribution in [2.24, 2.45) is 0 Å². The predicted octanol–water partition coefficient (Wildman–Crippen LogP) is 1.48. The van der Waals surface area contributed by atoms with E-state index in [4.69, 9.17) is 0 Å². The highest BCUT2D eigenvalue weighted by atomic mass is 16.0. The van der Waals surface area contributed by atoms with Crippen LogP contribution in [0.5, 0.6) is 0 Å². The van der Waals surface area contributed by atoms with Gasteiger partial charge in [-0.2, -0.15) is 0 Å². The largest absolute Gasteiger partial charge is 0.870 e. The summed E-state index contributed by atoms with van der Waals surface area (Å²) >= 11 is 0. The maximum Gasteiger partial charge on any atom is 0.210 e. The lowest BCUT2D eigenvalue weighted by atomic mass is 10.2. The second-order valence-electron chi connectivity index (χ2n) is 2.26. The minimum Gasteiger partial charge on any atom is -0.870 e. The van der Waals surface area contributed by atoms with Gasteiger partial charge in [0.25, 0.3) is 0 Å². The molecule has 0 spiro atoms. The highest BCUT2D eigenvalue weighted by Crippen LogP contribution is 2.04. The monoisotopic (exact) mass is 147 g/mol. The predicted molar refractivity (Wildman–Crippen MR) is 42.4 cm³/mol. The maximum absolute atomic E-state index is 3.15. The molecule has 0 unspecified atom stereocenters. The van der Waals surface area contributed by atoms with Gasteiger partial charge in [0.05, 0.1) is 0 Å². The first-order chi connectivity index (χ1) is 4.97. The second kappa shape index (κ2) is 3.12. The van der Waals surface area contributed by atoms with E-state index >= 15 is 0 Å². The third kappa shape index (κ3) is 1.36. The molecule has 2 heteroatoms. The molecule has 56 valence electrons. The summed E-state index contributed by atoms with van der Waals surface area (Å²) in [6.07, 6.45) is 1.93. The molecule has 0 saturated carbocycles. The number of rotatable bonds is 0. The number of aromatic amines is 1. The quantitative estimate of drug-likeness (QED) is 0.556. The van der Waals surface area contributed by atoms with E-state index in [1.54, 1.807) is 0 Å². The summed E-state index contributed by atoms with van der Waals surface area (Å²) in [5.41, 5.74) is 1.19. The molecule has 0 saturated heterocycles. The molecular formula is C9H9NO. The zero-order valence-corrected chi connectivity index (χ0v) is 5.99. The van der Waals surface area contributed by atoms with Gasteiger partial charge in [-0.3, -0.25) is 0 Å². The molecule has 0 radical (unpaired) electrons. The van der Waals surface area contributed by atoms with Gasteiger partial charge in [0.15, 0.2) is 6.20 Å². The summed E-state index contributed by atoms with van der Waals surface area (Å²) in [5, 5.41) is 1.25. The number of fused-ring (bicyclic) bond motifs is 1. The van der Waals surface area contributed by atoms with Crippen molar-refractivity contribution in [3.8, 4) is 0 Å². The normalized spacial score (nSPS) is 9.09. The molecule has 0 fully saturated rings. The molecule has 0 aliphatic carbocycles. The van der Waals surface area contributed by atoms with E-state index in [1.807, 2.05) is 24.4 Å². The Bertz CT molecular complexity index is 281. The number of nitrogens with one attached hydrogen (secondary N) is 1. The Hall–Kier alpha value is -1.41. The molecule has 0 aliphatic rings. The molecule has 1 aromatic heterocycles. The molecule has 2 N–H and O–H groups in total. The molecule has 0 amide bonds. The average Bonchev–Trinajstić information content (AvgIpc) is 2.05. The number of para-hydroxylation sites is 1. The summed E-state index contributed by atoms with van der Waals surface area (Å²) in [7, 11) is 0. The van der Waals surface area contributed by atoms with E-state index in [2.05, 4.69) is 23.2 Å². The van der Waals surface area contributed by atoms with Crippen LogP contribution in [-0.4, -0.2) is 5.48 Å². The highest BCUT2D eigenvalue weighted by molar-refractivity contribution is 5.74. The third-order valence-electron chi connectivity index (χ3n) is 1.57. The minimum absolute atomic E-state index is 0. The van der Waals surface area contributed by atoms with E-state index in [0.29, 0.717) is 0 Å². The Morgan fingerprint density at radius 3 is 2.45 bits per heavy atom. The number of aromatic nitrogens is 1. The molecule has 2 nitrogen and oxygen atoms in total. The van der Waals surface area contributed by atoms with Crippen molar-refractivity contribution in [2.45, 2.75) is 0 Å². The Labute approximate surface area is 64.8 Å². The summed E-state index contributed by atoms with van der Waals surface area (Å²) in [4.78, 5) is 3.15. The topological polar surface area (TPSA) is 44.1 Å². The van der Waals surface area contributed by atoms with E-state index in [0.717, 1.165) is 0 Å². The first kappa shape index (κ1) is 7.69. The van der Waals surface area contributed by atoms with E-state index in [9.17, 15) is 0 Å². The van der Waals surface area contributed by atoms with E-state index in [-0.39, 0.29) is 5.48 Å². The van der Waals surface area contributed by atoms with Crippen molar-refractivity contribution in [3.05, 3.63) is 42.6 Å². The second-order valence-corrected chi connectivity index (χ2v) is 2.26. The van der Waals surface area contributed by atoms with Gasteiger partial charge in [0, 0.05) is 17.5 Å². The van der Waals surface area contributed by atoms with Gasteiger partial charge in [-0.15, -0.1) is 0 Å². The molecule has 1 aromatic carbocycles. The molecule has 11 heavy (non-hydrogen) atoms. The Kier molecular flexibility index (Phi) is 2.18. The van der Waals surface area contributed by atoms with Crippen LogP contribution in [0.1, 0.15) is 0 Å². The number of H-pyrrole nitrogens is 1. The van der Waals surface area contributed by atoms with E-state index < -0.39 is 0 Å². The van der Waals surface area contributed by atoms with Crippen LogP contribution in [0.15, 0.2) is 42.6 Å². The summed E-state index contributed by atoms with van der Waals surface area (Å²) in [6.45, 7) is 0. The van der Waals surface area contributed by atoms with Crippen molar-refractivity contribution in [3.63, 3.8) is 0 Å². The standard InChI is InChI=1S/C9H7N.H2O/c1-2-6-9-8(4-1)5-3-7-10-9;/h1-7H;1H2. The van der Waals surface area contributed by atoms with Crippen LogP contribution in [0, 0.1) is 0 Å². The highest BCUT2D eigenvalue weighted by Gasteiger charge is 1.92. The number of hydrogen-bond acceptors (Lipinski definition) is 1. The third-order valence-corrected chi connectivity index (χ3v) is 1.57.